The minimum atomic E-state index is -3.57. The maximum Gasteiger partial charge on any atom is 0.243 e. The van der Waals surface area contributed by atoms with E-state index in [1.54, 1.807) is 22.7 Å². The van der Waals surface area contributed by atoms with Gasteiger partial charge in [0.2, 0.25) is 10.0 Å². The molecule has 0 aliphatic heterocycles. The number of benzene rings is 2. The summed E-state index contributed by atoms with van der Waals surface area (Å²) in [5.74, 6) is 0. The van der Waals surface area contributed by atoms with E-state index in [9.17, 15) is 8.42 Å². The van der Waals surface area contributed by atoms with Crippen LogP contribution in [-0.2, 0) is 16.6 Å². The van der Waals surface area contributed by atoms with Gasteiger partial charge in [0.1, 0.15) is 0 Å². The van der Waals surface area contributed by atoms with Crippen molar-refractivity contribution < 1.29 is 8.42 Å². The molecule has 2 N–H and O–H groups in total. The lowest BCUT2D eigenvalue weighted by atomic mass is 10.2. The van der Waals surface area contributed by atoms with Crippen molar-refractivity contribution in [2.24, 2.45) is 5.10 Å². The molecule has 3 rings (SSSR count). The second-order valence-corrected chi connectivity index (χ2v) is 10.5. The molecule has 9 heteroatoms. The zero-order valence-corrected chi connectivity index (χ0v) is 21.8. The van der Waals surface area contributed by atoms with Crippen molar-refractivity contribution in [2.45, 2.75) is 52.0 Å². The van der Waals surface area contributed by atoms with Crippen molar-refractivity contribution in [3.05, 3.63) is 59.8 Å². The van der Waals surface area contributed by atoms with Gasteiger partial charge in [0, 0.05) is 48.0 Å². The zero-order valence-electron chi connectivity index (χ0n) is 20.2. The van der Waals surface area contributed by atoms with Crippen LogP contribution in [0.4, 0.5) is 5.69 Å². The number of nitrogens with one attached hydrogen (secondary N) is 2. The number of aromatic nitrogens is 1. The summed E-state index contributed by atoms with van der Waals surface area (Å²) in [5.41, 5.74) is 6.66. The minimum absolute atomic E-state index is 0.301. The number of nitrogens with zero attached hydrogens (tertiary/aromatic N) is 3. The molecule has 0 fully saturated rings. The van der Waals surface area contributed by atoms with Gasteiger partial charge in [0.15, 0.2) is 5.11 Å². The molecule has 0 aliphatic carbocycles. The second kappa shape index (κ2) is 11.6. The van der Waals surface area contributed by atoms with Gasteiger partial charge >= 0.3 is 0 Å². The summed E-state index contributed by atoms with van der Waals surface area (Å²) < 4.78 is 30.2. The fraction of sp³-hybridized carbons (Fsp3) is 0.360. The average Bonchev–Trinajstić information content (AvgIpc) is 3.17. The molecule has 2 aromatic carbocycles. The van der Waals surface area contributed by atoms with Crippen LogP contribution in [-0.4, -0.2) is 41.7 Å². The Bertz CT molecular complexity index is 1260. The first-order chi connectivity index (χ1) is 16.3. The Balaban J connectivity index is 1.85. The summed E-state index contributed by atoms with van der Waals surface area (Å²) in [4.78, 5) is 0.301. The van der Waals surface area contributed by atoms with Crippen molar-refractivity contribution in [1.29, 1.82) is 0 Å². The van der Waals surface area contributed by atoms with Gasteiger partial charge in [-0.05, 0) is 69.2 Å². The van der Waals surface area contributed by atoms with Gasteiger partial charge in [0.25, 0.3) is 0 Å². The number of thiocarbonyl (C=S) groups is 1. The lowest BCUT2D eigenvalue weighted by molar-refractivity contribution is 0.410. The van der Waals surface area contributed by atoms with Crippen molar-refractivity contribution in [2.75, 3.05) is 18.4 Å². The predicted octanol–water partition coefficient (Wildman–Crippen LogP) is 5.10. The molecule has 0 radical (unpaired) electrons. The molecule has 34 heavy (non-hydrogen) atoms. The zero-order chi connectivity index (χ0) is 24.7. The van der Waals surface area contributed by atoms with Crippen LogP contribution in [0.25, 0.3) is 10.9 Å². The third-order valence-electron chi connectivity index (χ3n) is 5.49. The Morgan fingerprint density at radius 3 is 2.38 bits per heavy atom. The number of rotatable bonds is 10. The molecule has 1 aromatic heterocycles. The van der Waals surface area contributed by atoms with Crippen LogP contribution in [0.2, 0.25) is 0 Å². The quantitative estimate of drug-likeness (QED) is 0.230. The monoisotopic (exact) mass is 499 g/mol. The first kappa shape index (κ1) is 25.9. The number of fused-ring (bicyclic) bond motifs is 1. The average molecular weight is 500 g/mol. The van der Waals surface area contributed by atoms with Gasteiger partial charge in [-0.15, -0.1) is 0 Å². The van der Waals surface area contributed by atoms with E-state index >= 15 is 0 Å². The highest BCUT2D eigenvalue weighted by Crippen LogP contribution is 2.26. The van der Waals surface area contributed by atoms with Crippen LogP contribution in [0, 0.1) is 6.92 Å². The first-order valence-electron chi connectivity index (χ1n) is 11.6. The van der Waals surface area contributed by atoms with E-state index in [-0.39, 0.29) is 0 Å². The molecule has 0 spiro atoms. The molecule has 0 unspecified atom stereocenters. The molecule has 0 amide bonds. The van der Waals surface area contributed by atoms with Crippen molar-refractivity contribution in [3.8, 4) is 0 Å². The van der Waals surface area contributed by atoms with Crippen LogP contribution in [0.5, 0.6) is 0 Å². The fourth-order valence-electron chi connectivity index (χ4n) is 3.79. The third-order valence-corrected chi connectivity index (χ3v) is 7.58. The molecule has 0 atom stereocenters. The molecule has 1 heterocycles. The lowest BCUT2D eigenvalue weighted by Crippen LogP contribution is -2.32. The molecule has 0 saturated carbocycles. The summed E-state index contributed by atoms with van der Waals surface area (Å²) in [6.45, 7) is 9.83. The molecule has 0 saturated heterocycles. The Kier molecular flexibility index (Phi) is 8.82. The molecular weight excluding hydrogens is 466 g/mol. The number of hydrazone groups is 1. The number of anilines is 1. The lowest BCUT2D eigenvalue weighted by Gasteiger charge is -2.21. The number of sulfonamides is 1. The van der Waals surface area contributed by atoms with Crippen LogP contribution < -0.4 is 10.7 Å². The first-order valence-corrected chi connectivity index (χ1v) is 13.4. The van der Waals surface area contributed by atoms with Gasteiger partial charge < -0.3 is 9.88 Å². The minimum Gasteiger partial charge on any atom is -0.347 e. The number of hydrogen-bond donors (Lipinski definition) is 2. The van der Waals surface area contributed by atoms with Crippen molar-refractivity contribution >= 4 is 50.2 Å². The highest BCUT2D eigenvalue weighted by atomic mass is 32.2. The summed E-state index contributed by atoms with van der Waals surface area (Å²) in [7, 11) is -3.57. The van der Waals surface area contributed by atoms with E-state index in [1.165, 1.54) is 5.56 Å². The SMILES string of the molecule is CCCN(CCC)S(=O)(=O)c1ccc2c(c1)c(/C=N\NC(=S)Nc1ccc(C)cc1)cn2CC. The van der Waals surface area contributed by atoms with E-state index in [4.69, 9.17) is 12.2 Å². The van der Waals surface area contributed by atoms with Crippen LogP contribution >= 0.6 is 12.2 Å². The molecule has 0 bridgehead atoms. The largest absolute Gasteiger partial charge is 0.347 e. The van der Waals surface area contributed by atoms with Crippen LogP contribution in [0.3, 0.4) is 0 Å². The van der Waals surface area contributed by atoms with Gasteiger partial charge in [0.05, 0.1) is 11.1 Å². The van der Waals surface area contributed by atoms with Gasteiger partial charge in [-0.3, -0.25) is 5.43 Å². The highest BCUT2D eigenvalue weighted by molar-refractivity contribution is 7.89. The van der Waals surface area contributed by atoms with Crippen molar-refractivity contribution in [1.82, 2.24) is 14.3 Å². The van der Waals surface area contributed by atoms with Crippen LogP contribution in [0.15, 0.2) is 58.7 Å². The normalized spacial score (nSPS) is 12.0. The maximum atomic E-state index is 13.3. The summed E-state index contributed by atoms with van der Waals surface area (Å²) in [6.07, 6.45) is 5.18. The summed E-state index contributed by atoms with van der Waals surface area (Å²) >= 11 is 5.33. The van der Waals surface area contributed by atoms with E-state index in [2.05, 4.69) is 20.4 Å². The Morgan fingerprint density at radius 2 is 1.76 bits per heavy atom. The smallest absolute Gasteiger partial charge is 0.243 e. The standard InChI is InChI=1S/C25H33N5O2S2/c1-5-14-30(15-6-2)34(31,32)22-12-13-24-23(16-22)20(18-29(24)7-3)17-26-28-25(33)27-21-10-8-19(4)9-11-21/h8-13,16-18H,5-7,14-15H2,1-4H3,(H2,27,28,33)/b26-17-. The fourth-order valence-corrected chi connectivity index (χ4v) is 5.61. The van der Waals surface area contributed by atoms with E-state index < -0.39 is 10.0 Å². The molecule has 0 aliphatic rings. The molecule has 7 nitrogen and oxygen atoms in total. The molecule has 3 aromatic rings. The third kappa shape index (κ3) is 6.02. The van der Waals surface area contributed by atoms with Gasteiger partial charge in [-0.1, -0.05) is 31.5 Å². The van der Waals surface area contributed by atoms with E-state index in [0.29, 0.717) is 23.1 Å². The van der Waals surface area contributed by atoms with E-state index in [1.807, 2.05) is 64.2 Å². The predicted molar refractivity (Wildman–Crippen MR) is 145 cm³/mol. The Hall–Kier alpha value is -2.75. The second-order valence-electron chi connectivity index (χ2n) is 8.14. The number of hydrogen-bond acceptors (Lipinski definition) is 4. The Labute approximate surface area is 207 Å². The van der Waals surface area contributed by atoms with Gasteiger partial charge in [-0.2, -0.15) is 9.41 Å². The van der Waals surface area contributed by atoms with Gasteiger partial charge in [-0.25, -0.2) is 8.42 Å². The van der Waals surface area contributed by atoms with Crippen LogP contribution in [0.1, 0.15) is 44.7 Å². The van der Waals surface area contributed by atoms with E-state index in [0.717, 1.165) is 41.5 Å². The summed E-state index contributed by atoms with van der Waals surface area (Å²) in [5, 5.41) is 8.58. The number of aryl methyl sites for hydroxylation is 2. The highest BCUT2D eigenvalue weighted by Gasteiger charge is 2.24. The molecular formula is C25H33N5O2S2. The summed E-state index contributed by atoms with van der Waals surface area (Å²) in [6, 6.07) is 13.2. The Morgan fingerprint density at radius 1 is 1.09 bits per heavy atom. The van der Waals surface area contributed by atoms with Crippen molar-refractivity contribution in [3.63, 3.8) is 0 Å². The molecule has 182 valence electrons. The topological polar surface area (TPSA) is 78.7 Å². The maximum absolute atomic E-state index is 13.3.